The van der Waals surface area contributed by atoms with Crippen LogP contribution in [0.1, 0.15) is 19.4 Å². The number of fused-ring (bicyclic) bond motifs is 1. The monoisotopic (exact) mass is 187 g/mol. The quantitative estimate of drug-likeness (QED) is 0.728. The van der Waals surface area contributed by atoms with Crippen LogP contribution in [0.25, 0.3) is 10.8 Å². The van der Waals surface area contributed by atoms with Gasteiger partial charge < -0.3 is 5.73 Å². The van der Waals surface area contributed by atoms with Crippen molar-refractivity contribution < 1.29 is 0 Å². The number of hydrogen-bond donors (Lipinski definition) is 1. The Morgan fingerprint density at radius 2 is 1.57 bits per heavy atom. The maximum absolute atomic E-state index is 5.54. The van der Waals surface area contributed by atoms with Crippen molar-refractivity contribution in [3.8, 4) is 0 Å². The van der Waals surface area contributed by atoms with Crippen molar-refractivity contribution in [2.24, 2.45) is 5.73 Å². The molecule has 14 heavy (non-hydrogen) atoms. The van der Waals surface area contributed by atoms with E-state index >= 15 is 0 Å². The average Bonchev–Trinajstić information content (AvgIpc) is 2.31. The van der Waals surface area contributed by atoms with Crippen LogP contribution in [-0.4, -0.2) is 0 Å². The first kappa shape index (κ1) is 10.7. The summed E-state index contributed by atoms with van der Waals surface area (Å²) in [4.78, 5) is 0. The Balaban J connectivity index is 0.000000461. The molecular weight excluding hydrogens is 170 g/mol. The maximum Gasteiger partial charge on any atom is 0.0178 e. The Bertz CT molecular complexity index is 393. The van der Waals surface area contributed by atoms with Gasteiger partial charge in [-0.3, -0.25) is 0 Å². The van der Waals surface area contributed by atoms with Gasteiger partial charge in [-0.1, -0.05) is 50.2 Å². The second-order valence-electron chi connectivity index (χ2n) is 2.89. The minimum atomic E-state index is 0.616. The van der Waals surface area contributed by atoms with E-state index in [1.807, 2.05) is 26.0 Å². The molecule has 0 aliphatic carbocycles. The third-order valence-electron chi connectivity index (χ3n) is 2.05. The van der Waals surface area contributed by atoms with Gasteiger partial charge in [0.25, 0.3) is 0 Å². The van der Waals surface area contributed by atoms with Crippen molar-refractivity contribution in [3.05, 3.63) is 48.0 Å². The van der Waals surface area contributed by atoms with Crippen molar-refractivity contribution >= 4 is 10.8 Å². The van der Waals surface area contributed by atoms with Crippen LogP contribution < -0.4 is 5.73 Å². The summed E-state index contributed by atoms with van der Waals surface area (Å²) in [5.41, 5.74) is 6.73. The molecule has 0 aliphatic rings. The van der Waals surface area contributed by atoms with Crippen LogP contribution in [0.2, 0.25) is 0 Å². The highest BCUT2D eigenvalue weighted by Gasteiger charge is 1.92. The molecule has 74 valence electrons. The van der Waals surface area contributed by atoms with Crippen LogP contribution in [0.5, 0.6) is 0 Å². The van der Waals surface area contributed by atoms with Crippen LogP contribution in [-0.2, 0) is 6.54 Å². The lowest BCUT2D eigenvalue weighted by atomic mass is 10.1. The standard InChI is InChI=1S/C11H11N.C2H6/c12-8-9-5-6-10-3-1-2-4-11(10)7-9;1-2/h1-7H,8,12H2;1-2H3. The molecule has 0 aliphatic heterocycles. The van der Waals surface area contributed by atoms with Gasteiger partial charge in [-0.2, -0.15) is 0 Å². The van der Waals surface area contributed by atoms with E-state index in [2.05, 4.69) is 30.3 Å². The van der Waals surface area contributed by atoms with Crippen molar-refractivity contribution in [2.45, 2.75) is 20.4 Å². The zero-order valence-corrected chi connectivity index (χ0v) is 8.83. The maximum atomic E-state index is 5.54. The topological polar surface area (TPSA) is 26.0 Å². The van der Waals surface area contributed by atoms with Crippen molar-refractivity contribution in [1.82, 2.24) is 0 Å². The van der Waals surface area contributed by atoms with E-state index in [0.29, 0.717) is 6.54 Å². The number of hydrogen-bond acceptors (Lipinski definition) is 1. The van der Waals surface area contributed by atoms with Gasteiger partial charge in [0.2, 0.25) is 0 Å². The van der Waals surface area contributed by atoms with Crippen molar-refractivity contribution in [3.63, 3.8) is 0 Å². The molecule has 0 amide bonds. The van der Waals surface area contributed by atoms with Crippen LogP contribution in [0.15, 0.2) is 42.5 Å². The molecule has 0 aromatic heterocycles. The van der Waals surface area contributed by atoms with E-state index in [1.54, 1.807) is 0 Å². The Kier molecular flexibility index (Phi) is 4.14. The molecule has 0 fully saturated rings. The molecule has 1 nitrogen and oxygen atoms in total. The summed E-state index contributed by atoms with van der Waals surface area (Å²) >= 11 is 0. The third-order valence-corrected chi connectivity index (χ3v) is 2.05. The second-order valence-corrected chi connectivity index (χ2v) is 2.89. The number of rotatable bonds is 1. The van der Waals surface area contributed by atoms with E-state index < -0.39 is 0 Å². The molecule has 0 bridgehead atoms. The molecule has 0 heterocycles. The number of benzene rings is 2. The van der Waals surface area contributed by atoms with Gasteiger partial charge in [-0.05, 0) is 22.4 Å². The predicted octanol–water partition coefficient (Wildman–Crippen LogP) is 3.32. The van der Waals surface area contributed by atoms with Crippen molar-refractivity contribution in [1.29, 1.82) is 0 Å². The predicted molar refractivity (Wildman–Crippen MR) is 63.2 cm³/mol. The minimum Gasteiger partial charge on any atom is -0.326 e. The molecule has 1 heteroatoms. The summed E-state index contributed by atoms with van der Waals surface area (Å²) in [6, 6.07) is 14.6. The molecule has 2 rings (SSSR count). The first-order valence-corrected chi connectivity index (χ1v) is 5.08. The lowest BCUT2D eigenvalue weighted by Gasteiger charge is -1.99. The van der Waals surface area contributed by atoms with Crippen molar-refractivity contribution in [2.75, 3.05) is 0 Å². The van der Waals surface area contributed by atoms with Gasteiger partial charge in [0.05, 0.1) is 0 Å². The summed E-state index contributed by atoms with van der Waals surface area (Å²) in [5, 5.41) is 2.54. The van der Waals surface area contributed by atoms with Gasteiger partial charge in [0.15, 0.2) is 0 Å². The van der Waals surface area contributed by atoms with Gasteiger partial charge in [-0.25, -0.2) is 0 Å². The molecule has 0 saturated carbocycles. The first-order valence-electron chi connectivity index (χ1n) is 5.08. The molecule has 0 saturated heterocycles. The van der Waals surface area contributed by atoms with E-state index in [9.17, 15) is 0 Å². The zero-order chi connectivity index (χ0) is 10.4. The first-order chi connectivity index (χ1) is 6.90. The van der Waals surface area contributed by atoms with Gasteiger partial charge >= 0.3 is 0 Å². The summed E-state index contributed by atoms with van der Waals surface area (Å²) in [7, 11) is 0. The Labute approximate surface area is 85.6 Å². The van der Waals surface area contributed by atoms with Crippen LogP contribution in [0.3, 0.4) is 0 Å². The molecule has 2 aromatic rings. The van der Waals surface area contributed by atoms with Gasteiger partial charge in [0, 0.05) is 6.54 Å². The van der Waals surface area contributed by atoms with E-state index in [-0.39, 0.29) is 0 Å². The zero-order valence-electron chi connectivity index (χ0n) is 8.83. The SMILES string of the molecule is CC.NCc1ccc2ccccc2c1. The normalized spacial score (nSPS) is 9.36. The summed E-state index contributed by atoms with van der Waals surface area (Å²) in [6.07, 6.45) is 0. The lowest BCUT2D eigenvalue weighted by Crippen LogP contribution is -1.95. The fraction of sp³-hybridized carbons (Fsp3) is 0.231. The largest absolute Gasteiger partial charge is 0.326 e. The lowest BCUT2D eigenvalue weighted by molar-refractivity contribution is 1.08. The van der Waals surface area contributed by atoms with E-state index in [4.69, 9.17) is 5.73 Å². The second kappa shape index (κ2) is 5.40. The fourth-order valence-corrected chi connectivity index (χ4v) is 1.37. The Morgan fingerprint density at radius 3 is 2.21 bits per heavy atom. The van der Waals surface area contributed by atoms with Crippen LogP contribution >= 0.6 is 0 Å². The highest BCUT2D eigenvalue weighted by Crippen LogP contribution is 2.14. The summed E-state index contributed by atoms with van der Waals surface area (Å²) in [6.45, 7) is 4.62. The minimum absolute atomic E-state index is 0.616. The molecule has 2 N–H and O–H groups in total. The van der Waals surface area contributed by atoms with E-state index in [0.717, 1.165) is 0 Å². The Hall–Kier alpha value is -1.34. The molecule has 0 atom stereocenters. The van der Waals surface area contributed by atoms with Gasteiger partial charge in [-0.15, -0.1) is 0 Å². The highest BCUT2D eigenvalue weighted by molar-refractivity contribution is 5.82. The Morgan fingerprint density at radius 1 is 0.929 bits per heavy atom. The highest BCUT2D eigenvalue weighted by atomic mass is 14.5. The fourth-order valence-electron chi connectivity index (χ4n) is 1.37. The summed E-state index contributed by atoms with van der Waals surface area (Å²) < 4.78 is 0. The molecule has 0 unspecified atom stereocenters. The van der Waals surface area contributed by atoms with E-state index in [1.165, 1.54) is 16.3 Å². The van der Waals surface area contributed by atoms with Gasteiger partial charge in [0.1, 0.15) is 0 Å². The van der Waals surface area contributed by atoms with Crippen LogP contribution in [0, 0.1) is 0 Å². The molecule has 0 spiro atoms. The summed E-state index contributed by atoms with van der Waals surface area (Å²) in [5.74, 6) is 0. The molecular formula is C13H17N. The average molecular weight is 187 g/mol. The van der Waals surface area contributed by atoms with Crippen LogP contribution in [0.4, 0.5) is 0 Å². The number of nitrogens with two attached hydrogens (primary N) is 1. The third kappa shape index (κ3) is 2.33. The molecule has 0 radical (unpaired) electrons. The molecule has 2 aromatic carbocycles. The smallest absolute Gasteiger partial charge is 0.0178 e.